The van der Waals surface area contributed by atoms with Crippen LogP contribution in [0.25, 0.3) is 11.0 Å². The monoisotopic (exact) mass is 445 g/mol. The predicted octanol–water partition coefficient (Wildman–Crippen LogP) is 3.99. The lowest BCUT2D eigenvalue weighted by Gasteiger charge is -2.26. The van der Waals surface area contributed by atoms with Crippen LogP contribution in [-0.4, -0.2) is 48.6 Å². The highest BCUT2D eigenvalue weighted by Crippen LogP contribution is 2.28. The molecular weight excluding hydrogens is 418 g/mol. The fourth-order valence-electron chi connectivity index (χ4n) is 3.67. The second-order valence-corrected chi connectivity index (χ2v) is 10.5. The number of benzene rings is 2. The lowest BCUT2D eigenvalue weighted by Crippen LogP contribution is -2.40. The maximum absolute atomic E-state index is 13.0. The molecule has 0 bridgehead atoms. The Hall–Kier alpha value is -1.87. The number of aromatic nitrogens is 2. The molecule has 1 aromatic heterocycles. The minimum Gasteiger partial charge on any atom is -0.379 e. The van der Waals surface area contributed by atoms with Crippen LogP contribution in [0, 0.1) is 13.8 Å². The highest BCUT2D eigenvalue weighted by Gasteiger charge is 2.27. The molecule has 30 heavy (non-hydrogen) atoms. The number of fused-ring (bicyclic) bond motifs is 1. The van der Waals surface area contributed by atoms with Gasteiger partial charge < -0.3 is 9.30 Å². The normalized spacial score (nSPS) is 15.7. The SMILES string of the molecule is CCn1c(CSc2ccc(C)c(C)c2)nc2cc(S(=O)(=O)N3CCOCC3)ccc21. The lowest BCUT2D eigenvalue weighted by molar-refractivity contribution is 0.0730. The zero-order valence-corrected chi connectivity index (χ0v) is 19.2. The molecule has 1 aliphatic heterocycles. The van der Waals surface area contributed by atoms with E-state index in [4.69, 9.17) is 9.72 Å². The summed E-state index contributed by atoms with van der Waals surface area (Å²) in [6.07, 6.45) is 0. The average molecular weight is 446 g/mol. The fraction of sp³-hybridized carbons (Fsp3) is 0.409. The highest BCUT2D eigenvalue weighted by molar-refractivity contribution is 7.98. The summed E-state index contributed by atoms with van der Waals surface area (Å²) < 4.78 is 34.9. The first-order valence-corrected chi connectivity index (χ1v) is 12.6. The number of ether oxygens (including phenoxy) is 1. The van der Waals surface area contributed by atoms with Crippen LogP contribution in [0.15, 0.2) is 46.2 Å². The number of nitrogens with zero attached hydrogens (tertiary/aromatic N) is 3. The van der Waals surface area contributed by atoms with E-state index in [1.807, 2.05) is 6.07 Å². The number of imidazole rings is 1. The van der Waals surface area contributed by atoms with Gasteiger partial charge in [0.25, 0.3) is 0 Å². The van der Waals surface area contributed by atoms with Gasteiger partial charge >= 0.3 is 0 Å². The molecule has 2 aromatic carbocycles. The van der Waals surface area contributed by atoms with Crippen LogP contribution in [0.5, 0.6) is 0 Å². The standard InChI is InChI=1S/C22H27N3O3S2/c1-4-25-21-8-7-19(30(26,27)24-9-11-28-12-10-24)14-20(21)23-22(25)15-29-18-6-5-16(2)17(3)13-18/h5-8,13-14H,4,9-12,15H2,1-3H3. The fourth-order valence-corrected chi connectivity index (χ4v) is 6.04. The van der Waals surface area contributed by atoms with Gasteiger partial charge in [-0.3, -0.25) is 0 Å². The minimum atomic E-state index is -3.53. The molecule has 0 saturated carbocycles. The number of morpholine rings is 1. The van der Waals surface area contributed by atoms with Crippen molar-refractivity contribution in [2.75, 3.05) is 26.3 Å². The summed E-state index contributed by atoms with van der Waals surface area (Å²) in [4.78, 5) is 6.30. The summed E-state index contributed by atoms with van der Waals surface area (Å²) in [6, 6.07) is 11.8. The van der Waals surface area contributed by atoms with Crippen molar-refractivity contribution in [3.8, 4) is 0 Å². The zero-order valence-electron chi connectivity index (χ0n) is 17.6. The second-order valence-electron chi connectivity index (χ2n) is 7.47. The Morgan fingerprint density at radius 2 is 1.83 bits per heavy atom. The summed E-state index contributed by atoms with van der Waals surface area (Å²) in [5.41, 5.74) is 4.26. The van der Waals surface area contributed by atoms with E-state index in [9.17, 15) is 8.42 Å². The van der Waals surface area contributed by atoms with Gasteiger partial charge in [-0.25, -0.2) is 13.4 Å². The van der Waals surface area contributed by atoms with E-state index in [-0.39, 0.29) is 0 Å². The van der Waals surface area contributed by atoms with Crippen molar-refractivity contribution in [3.63, 3.8) is 0 Å². The highest BCUT2D eigenvalue weighted by atomic mass is 32.2. The van der Waals surface area contributed by atoms with Crippen LogP contribution in [-0.2, 0) is 27.1 Å². The van der Waals surface area contributed by atoms with Gasteiger partial charge in [-0.05, 0) is 62.2 Å². The van der Waals surface area contributed by atoms with E-state index in [0.717, 1.165) is 29.2 Å². The molecule has 1 fully saturated rings. The van der Waals surface area contributed by atoms with E-state index in [2.05, 4.69) is 43.5 Å². The van der Waals surface area contributed by atoms with Crippen LogP contribution in [0.2, 0.25) is 0 Å². The summed E-state index contributed by atoms with van der Waals surface area (Å²) in [7, 11) is -3.53. The third-order valence-corrected chi connectivity index (χ3v) is 8.45. The van der Waals surface area contributed by atoms with E-state index in [1.54, 1.807) is 23.9 Å². The average Bonchev–Trinajstić information content (AvgIpc) is 3.12. The van der Waals surface area contributed by atoms with Crippen molar-refractivity contribution in [2.45, 2.75) is 42.9 Å². The molecule has 1 saturated heterocycles. The van der Waals surface area contributed by atoms with Gasteiger partial charge in [-0.15, -0.1) is 11.8 Å². The number of hydrogen-bond acceptors (Lipinski definition) is 5. The molecule has 0 N–H and O–H groups in total. The van der Waals surface area contributed by atoms with Crippen LogP contribution in [0.1, 0.15) is 23.9 Å². The van der Waals surface area contributed by atoms with Crippen molar-refractivity contribution in [1.29, 1.82) is 0 Å². The van der Waals surface area contributed by atoms with E-state index in [0.29, 0.717) is 31.2 Å². The molecule has 3 aromatic rings. The quantitative estimate of drug-likeness (QED) is 0.537. The summed E-state index contributed by atoms with van der Waals surface area (Å²) in [6.45, 7) is 8.76. The number of rotatable bonds is 6. The first kappa shape index (κ1) is 21.4. The van der Waals surface area contributed by atoms with Gasteiger partial charge in [0.05, 0.1) is 34.9 Å². The van der Waals surface area contributed by atoms with Crippen LogP contribution in [0.4, 0.5) is 0 Å². The number of thioether (sulfide) groups is 1. The Kier molecular flexibility index (Phi) is 6.20. The molecule has 0 atom stereocenters. The third-order valence-electron chi connectivity index (χ3n) is 5.57. The number of sulfonamides is 1. The summed E-state index contributed by atoms with van der Waals surface area (Å²) >= 11 is 1.75. The predicted molar refractivity (Wildman–Crippen MR) is 120 cm³/mol. The molecular formula is C22H27N3O3S2. The molecule has 0 aliphatic carbocycles. The molecule has 1 aliphatic rings. The Labute approximate surface area is 182 Å². The Bertz CT molecular complexity index is 1170. The lowest BCUT2D eigenvalue weighted by atomic mass is 10.1. The van der Waals surface area contributed by atoms with Crippen LogP contribution >= 0.6 is 11.8 Å². The van der Waals surface area contributed by atoms with Gasteiger partial charge in [-0.1, -0.05) is 6.07 Å². The summed E-state index contributed by atoms with van der Waals surface area (Å²) in [5.74, 6) is 1.69. The molecule has 0 radical (unpaired) electrons. The van der Waals surface area contributed by atoms with Gasteiger partial charge in [0.15, 0.2) is 0 Å². The maximum Gasteiger partial charge on any atom is 0.243 e. The van der Waals surface area contributed by atoms with Crippen molar-refractivity contribution in [1.82, 2.24) is 13.9 Å². The molecule has 160 valence electrons. The van der Waals surface area contributed by atoms with E-state index in [1.165, 1.54) is 20.3 Å². The largest absolute Gasteiger partial charge is 0.379 e. The first-order chi connectivity index (χ1) is 14.4. The van der Waals surface area contributed by atoms with Crippen molar-refractivity contribution in [2.24, 2.45) is 0 Å². The minimum absolute atomic E-state index is 0.297. The Morgan fingerprint density at radius 1 is 1.07 bits per heavy atom. The third kappa shape index (κ3) is 4.14. The number of hydrogen-bond donors (Lipinski definition) is 0. The topological polar surface area (TPSA) is 64.4 Å². The first-order valence-electron chi connectivity index (χ1n) is 10.2. The molecule has 8 heteroatoms. The van der Waals surface area contributed by atoms with Gasteiger partial charge in [0.1, 0.15) is 5.82 Å². The van der Waals surface area contributed by atoms with Crippen molar-refractivity contribution >= 4 is 32.8 Å². The molecule has 0 unspecified atom stereocenters. The smallest absolute Gasteiger partial charge is 0.243 e. The van der Waals surface area contributed by atoms with Gasteiger partial charge in [0.2, 0.25) is 10.0 Å². The summed E-state index contributed by atoms with van der Waals surface area (Å²) in [5, 5.41) is 0. The zero-order chi connectivity index (χ0) is 21.3. The Balaban J connectivity index is 1.62. The van der Waals surface area contributed by atoms with Crippen LogP contribution in [0.3, 0.4) is 0 Å². The van der Waals surface area contributed by atoms with Gasteiger partial charge in [-0.2, -0.15) is 4.31 Å². The molecule has 0 spiro atoms. The maximum atomic E-state index is 13.0. The van der Waals surface area contributed by atoms with E-state index >= 15 is 0 Å². The van der Waals surface area contributed by atoms with Gasteiger partial charge in [0, 0.05) is 24.5 Å². The van der Waals surface area contributed by atoms with Crippen molar-refractivity contribution < 1.29 is 13.2 Å². The molecule has 2 heterocycles. The van der Waals surface area contributed by atoms with Crippen LogP contribution < -0.4 is 0 Å². The molecule has 4 rings (SSSR count). The van der Waals surface area contributed by atoms with Crippen molar-refractivity contribution in [3.05, 3.63) is 53.3 Å². The second kappa shape index (κ2) is 8.70. The number of aryl methyl sites for hydroxylation is 3. The Morgan fingerprint density at radius 3 is 2.53 bits per heavy atom. The molecule has 0 amide bonds. The van der Waals surface area contributed by atoms with E-state index < -0.39 is 10.0 Å². The molecule has 6 nitrogen and oxygen atoms in total.